The van der Waals surface area contributed by atoms with Crippen LogP contribution in [0.4, 0.5) is 0 Å². The maximum Gasteiger partial charge on any atom is 0.306 e. The molecule has 0 atom stereocenters. The molecule has 0 unspecified atom stereocenters. The summed E-state index contributed by atoms with van der Waals surface area (Å²) in [6.45, 7) is 11.8. The third-order valence-electron chi connectivity index (χ3n) is 2.19. The van der Waals surface area contributed by atoms with E-state index in [9.17, 15) is 9.59 Å². The van der Waals surface area contributed by atoms with Crippen molar-refractivity contribution in [1.29, 1.82) is 0 Å². The van der Waals surface area contributed by atoms with Gasteiger partial charge in [0.15, 0.2) is 0 Å². The van der Waals surface area contributed by atoms with E-state index < -0.39 is 5.60 Å². The normalized spacial score (nSPS) is 12.1. The molecule has 0 saturated carbocycles. The van der Waals surface area contributed by atoms with Gasteiger partial charge in [-0.3, -0.25) is 14.4 Å². The van der Waals surface area contributed by atoms with Crippen LogP contribution in [-0.2, 0) is 19.2 Å². The lowest BCUT2D eigenvalue weighted by atomic mass is 10.1. The van der Waals surface area contributed by atoms with Crippen LogP contribution < -0.4 is 0 Å². The third-order valence-corrected chi connectivity index (χ3v) is 2.19. The summed E-state index contributed by atoms with van der Waals surface area (Å²) in [6, 6.07) is 0. The van der Waals surface area contributed by atoms with Crippen molar-refractivity contribution in [2.75, 3.05) is 6.54 Å². The molecule has 0 aliphatic carbocycles. The van der Waals surface area contributed by atoms with Crippen molar-refractivity contribution in [3.63, 3.8) is 0 Å². The quantitative estimate of drug-likeness (QED) is 0.298. The molecule has 0 aromatic carbocycles. The predicted molar refractivity (Wildman–Crippen MR) is 77.9 cm³/mol. The highest BCUT2D eigenvalue weighted by atomic mass is 16.7. The number of hydrogen-bond acceptors (Lipinski definition) is 4. The predicted octanol–water partition coefficient (Wildman–Crippen LogP) is 3.08. The first-order valence-electron chi connectivity index (χ1n) is 7.16. The van der Waals surface area contributed by atoms with Gasteiger partial charge >= 0.3 is 5.97 Å². The van der Waals surface area contributed by atoms with Gasteiger partial charge in [-0.25, -0.2) is 5.06 Å². The molecule has 0 aromatic heterocycles. The summed E-state index contributed by atoms with van der Waals surface area (Å²) in [7, 11) is 0. The van der Waals surface area contributed by atoms with Crippen LogP contribution in [0.25, 0.3) is 0 Å². The molecule has 5 nitrogen and oxygen atoms in total. The molecule has 118 valence electrons. The van der Waals surface area contributed by atoms with Gasteiger partial charge in [0.05, 0.1) is 5.60 Å². The second-order valence-electron chi connectivity index (χ2n) is 6.85. The number of hydroxylamine groups is 2. The molecule has 20 heavy (non-hydrogen) atoms. The first-order chi connectivity index (χ1) is 9.03. The van der Waals surface area contributed by atoms with E-state index in [1.807, 2.05) is 41.5 Å². The molecule has 0 bridgehead atoms. The third kappa shape index (κ3) is 12.0. The molecule has 0 saturated heterocycles. The van der Waals surface area contributed by atoms with E-state index in [4.69, 9.17) is 9.57 Å². The van der Waals surface area contributed by atoms with E-state index in [0.717, 1.165) is 19.3 Å². The molecule has 0 rings (SSSR count). The number of carbonyl (C=O) groups is 2. The molecule has 5 heteroatoms. The Morgan fingerprint density at radius 3 is 2.05 bits per heavy atom. The maximum atomic E-state index is 11.5. The molecule has 0 fully saturated rings. The van der Waals surface area contributed by atoms with E-state index in [2.05, 4.69) is 0 Å². The van der Waals surface area contributed by atoms with Crippen LogP contribution in [0.5, 0.6) is 0 Å². The van der Waals surface area contributed by atoms with E-state index in [1.54, 1.807) is 0 Å². The van der Waals surface area contributed by atoms with Gasteiger partial charge in [0.25, 0.3) is 0 Å². The van der Waals surface area contributed by atoms with Crippen LogP contribution in [0.2, 0.25) is 0 Å². The minimum atomic E-state index is -0.425. The summed E-state index contributed by atoms with van der Waals surface area (Å²) >= 11 is 0. The number of amides is 1. The van der Waals surface area contributed by atoms with Gasteiger partial charge in [-0.05, 0) is 54.4 Å². The lowest BCUT2D eigenvalue weighted by Crippen LogP contribution is -2.33. The van der Waals surface area contributed by atoms with Crippen LogP contribution in [0.15, 0.2) is 0 Å². The second kappa shape index (κ2) is 8.25. The average molecular weight is 287 g/mol. The van der Waals surface area contributed by atoms with Crippen molar-refractivity contribution in [3.05, 3.63) is 0 Å². The molecular weight excluding hydrogens is 258 g/mol. The Kier molecular flexibility index (Phi) is 7.79. The lowest BCUT2D eigenvalue weighted by molar-refractivity contribution is -0.216. The highest BCUT2D eigenvalue weighted by Gasteiger charge is 2.17. The van der Waals surface area contributed by atoms with Crippen molar-refractivity contribution >= 4 is 12.4 Å². The number of unbranched alkanes of at least 4 members (excludes halogenated alkanes) is 2. The molecule has 0 heterocycles. The maximum absolute atomic E-state index is 11.5. The van der Waals surface area contributed by atoms with E-state index in [1.165, 1.54) is 5.06 Å². The summed E-state index contributed by atoms with van der Waals surface area (Å²) in [4.78, 5) is 27.8. The number of hydrogen-bond donors (Lipinski definition) is 0. The molecule has 0 aliphatic rings. The van der Waals surface area contributed by atoms with Crippen LogP contribution >= 0.6 is 0 Å². The van der Waals surface area contributed by atoms with E-state index in [-0.39, 0.29) is 11.6 Å². The van der Waals surface area contributed by atoms with Crippen molar-refractivity contribution in [3.8, 4) is 0 Å². The summed E-state index contributed by atoms with van der Waals surface area (Å²) < 4.78 is 5.22. The van der Waals surface area contributed by atoms with Crippen molar-refractivity contribution < 1.29 is 19.2 Å². The Balaban J connectivity index is 3.75. The highest BCUT2D eigenvalue weighted by Crippen LogP contribution is 2.12. The van der Waals surface area contributed by atoms with Gasteiger partial charge in [-0.2, -0.15) is 0 Å². The number of rotatable bonds is 8. The fourth-order valence-electron chi connectivity index (χ4n) is 1.58. The number of nitrogens with zero attached hydrogens (tertiary/aromatic N) is 1. The summed E-state index contributed by atoms with van der Waals surface area (Å²) in [5.41, 5.74) is -0.802. The van der Waals surface area contributed by atoms with Gasteiger partial charge in [-0.15, -0.1) is 0 Å². The lowest BCUT2D eigenvalue weighted by Gasteiger charge is -2.26. The Labute approximate surface area is 122 Å². The standard InChI is InChI=1S/C15H29NO4/c1-14(2,3)19-13(18)10-8-7-9-11-16(12-17)20-15(4,5)6/h12H,7-11H2,1-6H3. The Morgan fingerprint density at radius 1 is 1.00 bits per heavy atom. The molecule has 0 spiro atoms. The zero-order chi connectivity index (χ0) is 15.8. The minimum Gasteiger partial charge on any atom is -0.460 e. The molecule has 0 N–H and O–H groups in total. The summed E-state index contributed by atoms with van der Waals surface area (Å²) in [5, 5.41) is 1.31. The Morgan fingerprint density at radius 2 is 1.60 bits per heavy atom. The first kappa shape index (κ1) is 18.9. The van der Waals surface area contributed by atoms with Crippen molar-refractivity contribution in [2.45, 2.75) is 78.4 Å². The smallest absolute Gasteiger partial charge is 0.306 e. The van der Waals surface area contributed by atoms with Gasteiger partial charge in [0, 0.05) is 13.0 Å². The Bertz CT molecular complexity index is 302. The average Bonchev–Trinajstić information content (AvgIpc) is 2.22. The van der Waals surface area contributed by atoms with Crippen molar-refractivity contribution in [1.82, 2.24) is 5.06 Å². The monoisotopic (exact) mass is 287 g/mol. The number of carbonyl (C=O) groups excluding carboxylic acids is 2. The highest BCUT2D eigenvalue weighted by molar-refractivity contribution is 5.69. The van der Waals surface area contributed by atoms with Gasteiger partial charge in [0.1, 0.15) is 5.60 Å². The van der Waals surface area contributed by atoms with Crippen LogP contribution in [0.1, 0.15) is 67.2 Å². The van der Waals surface area contributed by atoms with E-state index >= 15 is 0 Å². The van der Waals surface area contributed by atoms with Crippen LogP contribution in [0, 0.1) is 0 Å². The molecule has 1 amide bonds. The second-order valence-corrected chi connectivity index (χ2v) is 6.85. The number of ether oxygens (including phenoxy) is 1. The minimum absolute atomic E-state index is 0.171. The van der Waals surface area contributed by atoms with Crippen molar-refractivity contribution in [2.24, 2.45) is 0 Å². The van der Waals surface area contributed by atoms with Crippen LogP contribution in [0.3, 0.4) is 0 Å². The first-order valence-corrected chi connectivity index (χ1v) is 7.16. The molecule has 0 radical (unpaired) electrons. The fraction of sp³-hybridized carbons (Fsp3) is 0.867. The van der Waals surface area contributed by atoms with Gasteiger partial charge in [0.2, 0.25) is 6.41 Å². The topological polar surface area (TPSA) is 55.8 Å². The van der Waals surface area contributed by atoms with Crippen LogP contribution in [-0.4, -0.2) is 35.2 Å². The van der Waals surface area contributed by atoms with Gasteiger partial charge < -0.3 is 4.74 Å². The molecule has 0 aliphatic heterocycles. The van der Waals surface area contributed by atoms with E-state index in [0.29, 0.717) is 19.4 Å². The fourth-order valence-corrected chi connectivity index (χ4v) is 1.58. The summed E-state index contributed by atoms with van der Waals surface area (Å²) in [5.74, 6) is -0.171. The number of esters is 1. The molecular formula is C15H29NO4. The SMILES string of the molecule is CC(C)(C)OC(=O)CCCCCN(C=O)OC(C)(C)C. The molecule has 0 aromatic rings. The Hall–Kier alpha value is -1.10. The zero-order valence-electron chi connectivity index (χ0n) is 13.7. The summed E-state index contributed by atoms with van der Waals surface area (Å²) in [6.07, 6.45) is 3.53. The zero-order valence-corrected chi connectivity index (χ0v) is 13.7. The largest absolute Gasteiger partial charge is 0.460 e. The van der Waals surface area contributed by atoms with Gasteiger partial charge in [-0.1, -0.05) is 6.42 Å².